The highest BCUT2D eigenvalue weighted by Crippen LogP contribution is 2.36. The summed E-state index contributed by atoms with van der Waals surface area (Å²) < 4.78 is 73.8. The maximum absolute atomic E-state index is 12.7. The maximum Gasteiger partial charge on any atom is 0.418 e. The molecule has 0 amide bonds. The van der Waals surface area contributed by atoms with Gasteiger partial charge >= 0.3 is 12.4 Å². The number of hydrogen-bond donors (Lipinski definition) is 2. The van der Waals surface area contributed by atoms with Gasteiger partial charge in [-0.05, 0) is 31.0 Å². The maximum atomic E-state index is 12.7. The molecule has 0 spiro atoms. The van der Waals surface area contributed by atoms with Crippen molar-refractivity contribution in [1.82, 2.24) is 0 Å². The van der Waals surface area contributed by atoms with Gasteiger partial charge in [-0.3, -0.25) is 0 Å². The molecule has 2 nitrogen and oxygen atoms in total. The first-order valence-corrected chi connectivity index (χ1v) is 5.87. The number of anilines is 2. The van der Waals surface area contributed by atoms with Gasteiger partial charge in [0.2, 0.25) is 0 Å². The normalized spacial score (nSPS) is 12.5. The van der Waals surface area contributed by atoms with Crippen LogP contribution in [0.3, 0.4) is 0 Å². The van der Waals surface area contributed by atoms with Gasteiger partial charge in [-0.2, -0.15) is 26.3 Å². The Balaban J connectivity index is 2.56. The zero-order chi connectivity index (χ0) is 15.4. The average Bonchev–Trinajstić information content (AvgIpc) is 2.27. The van der Waals surface area contributed by atoms with Crippen LogP contribution in [0, 0.1) is 0 Å². The Morgan fingerprint density at radius 3 is 2.20 bits per heavy atom. The van der Waals surface area contributed by atoms with Crippen molar-refractivity contribution in [1.29, 1.82) is 0 Å². The van der Waals surface area contributed by atoms with E-state index in [1.807, 2.05) is 0 Å². The smallest absolute Gasteiger partial charge is 0.399 e. The quantitative estimate of drug-likeness (QED) is 0.479. The van der Waals surface area contributed by atoms with E-state index in [4.69, 9.17) is 5.73 Å². The minimum atomic E-state index is -4.57. The number of benzene rings is 1. The average molecular weight is 300 g/mol. The van der Waals surface area contributed by atoms with Crippen molar-refractivity contribution in [2.75, 3.05) is 17.6 Å². The van der Waals surface area contributed by atoms with Gasteiger partial charge in [-0.1, -0.05) is 0 Å². The van der Waals surface area contributed by atoms with Crippen LogP contribution in [0.1, 0.15) is 24.8 Å². The Morgan fingerprint density at radius 1 is 1.00 bits per heavy atom. The summed E-state index contributed by atoms with van der Waals surface area (Å²) in [4.78, 5) is 0. The van der Waals surface area contributed by atoms with E-state index < -0.39 is 24.3 Å². The van der Waals surface area contributed by atoms with Crippen LogP contribution in [0.4, 0.5) is 37.7 Å². The number of alkyl halides is 6. The highest BCUT2D eigenvalue weighted by molar-refractivity contribution is 5.59. The Bertz CT molecular complexity index is 439. The summed E-state index contributed by atoms with van der Waals surface area (Å²) in [7, 11) is 0. The summed E-state index contributed by atoms with van der Waals surface area (Å²) in [6, 6.07) is 3.26. The fourth-order valence-corrected chi connectivity index (χ4v) is 1.62. The first-order valence-electron chi connectivity index (χ1n) is 5.87. The van der Waals surface area contributed by atoms with Crippen molar-refractivity contribution in [2.24, 2.45) is 0 Å². The molecule has 0 fully saturated rings. The van der Waals surface area contributed by atoms with Gasteiger partial charge in [-0.25, -0.2) is 0 Å². The first kappa shape index (κ1) is 16.5. The van der Waals surface area contributed by atoms with Crippen LogP contribution in [0.25, 0.3) is 0 Å². The molecule has 114 valence electrons. The second kappa shape index (κ2) is 6.23. The lowest BCUT2D eigenvalue weighted by atomic mass is 10.1. The molecule has 0 atom stereocenters. The standard InChI is InChI=1S/C12H14F6N2/c13-11(14,15)5-1-2-6-20-10-4-3-8(19)7-9(10)12(16,17)18/h3-4,7,20H,1-2,5-6,19H2. The third-order valence-electron chi connectivity index (χ3n) is 2.55. The fraction of sp³-hybridized carbons (Fsp3) is 0.500. The second-order valence-electron chi connectivity index (χ2n) is 4.30. The summed E-state index contributed by atoms with van der Waals surface area (Å²) in [6.45, 7) is 0.0308. The van der Waals surface area contributed by atoms with E-state index >= 15 is 0 Å². The summed E-state index contributed by atoms with van der Waals surface area (Å²) in [5.74, 6) is 0. The van der Waals surface area contributed by atoms with Gasteiger partial charge in [0.25, 0.3) is 0 Å². The van der Waals surface area contributed by atoms with Crippen molar-refractivity contribution in [3.63, 3.8) is 0 Å². The van der Waals surface area contributed by atoms with Crippen molar-refractivity contribution in [3.05, 3.63) is 23.8 Å². The fourth-order valence-electron chi connectivity index (χ4n) is 1.62. The third-order valence-corrected chi connectivity index (χ3v) is 2.55. The lowest BCUT2D eigenvalue weighted by Crippen LogP contribution is -2.13. The predicted molar refractivity (Wildman–Crippen MR) is 64.3 cm³/mol. The third kappa shape index (κ3) is 5.58. The molecule has 0 aliphatic carbocycles. The van der Waals surface area contributed by atoms with Crippen LogP contribution >= 0.6 is 0 Å². The van der Waals surface area contributed by atoms with Gasteiger partial charge in [-0.15, -0.1) is 0 Å². The van der Waals surface area contributed by atoms with Crippen molar-refractivity contribution < 1.29 is 26.3 Å². The van der Waals surface area contributed by atoms with E-state index in [1.165, 1.54) is 12.1 Å². The number of rotatable bonds is 5. The molecule has 1 rings (SSSR count). The molecule has 0 heterocycles. The molecule has 0 bridgehead atoms. The number of hydrogen-bond acceptors (Lipinski definition) is 2. The van der Waals surface area contributed by atoms with E-state index in [1.54, 1.807) is 0 Å². The zero-order valence-electron chi connectivity index (χ0n) is 10.4. The van der Waals surface area contributed by atoms with Gasteiger partial charge in [0, 0.05) is 24.3 Å². The molecule has 8 heteroatoms. The summed E-state index contributed by atoms with van der Waals surface area (Å²) >= 11 is 0. The summed E-state index contributed by atoms with van der Waals surface area (Å²) in [5.41, 5.74) is 4.16. The highest BCUT2D eigenvalue weighted by Gasteiger charge is 2.33. The number of nitrogens with one attached hydrogen (secondary N) is 1. The topological polar surface area (TPSA) is 38.0 Å². The molecule has 0 saturated carbocycles. The molecule has 20 heavy (non-hydrogen) atoms. The molecule has 0 aromatic heterocycles. The van der Waals surface area contributed by atoms with Crippen LogP contribution in [0.2, 0.25) is 0 Å². The van der Waals surface area contributed by atoms with Crippen LogP contribution in [-0.4, -0.2) is 12.7 Å². The van der Waals surface area contributed by atoms with E-state index in [2.05, 4.69) is 5.32 Å². The molecule has 1 aromatic carbocycles. The monoisotopic (exact) mass is 300 g/mol. The summed E-state index contributed by atoms with van der Waals surface area (Å²) in [5, 5.41) is 2.49. The van der Waals surface area contributed by atoms with Crippen molar-refractivity contribution >= 4 is 11.4 Å². The van der Waals surface area contributed by atoms with E-state index in [0.717, 1.165) is 6.07 Å². The van der Waals surface area contributed by atoms with E-state index in [9.17, 15) is 26.3 Å². The number of unbranched alkanes of at least 4 members (excludes halogenated alkanes) is 1. The molecule has 0 unspecified atom stereocenters. The Hall–Kier alpha value is -1.60. The van der Waals surface area contributed by atoms with Crippen LogP contribution in [-0.2, 0) is 6.18 Å². The van der Waals surface area contributed by atoms with Gasteiger partial charge in [0.1, 0.15) is 0 Å². The van der Waals surface area contributed by atoms with Crippen molar-refractivity contribution in [3.8, 4) is 0 Å². The van der Waals surface area contributed by atoms with Gasteiger partial charge in [0.05, 0.1) is 5.56 Å². The minimum Gasteiger partial charge on any atom is -0.399 e. The van der Waals surface area contributed by atoms with Crippen LogP contribution < -0.4 is 11.1 Å². The molecular weight excluding hydrogens is 286 g/mol. The second-order valence-corrected chi connectivity index (χ2v) is 4.30. The molecule has 0 aliphatic rings. The van der Waals surface area contributed by atoms with E-state index in [0.29, 0.717) is 0 Å². The van der Waals surface area contributed by atoms with Crippen molar-refractivity contribution in [2.45, 2.75) is 31.6 Å². The van der Waals surface area contributed by atoms with Crippen LogP contribution in [0.5, 0.6) is 0 Å². The Kier molecular flexibility index (Phi) is 5.13. The molecule has 1 aromatic rings. The highest BCUT2D eigenvalue weighted by atomic mass is 19.4. The summed E-state index contributed by atoms with van der Waals surface area (Å²) in [6.07, 6.45) is -9.75. The Labute approximate surface area is 112 Å². The van der Waals surface area contributed by atoms with Gasteiger partial charge < -0.3 is 11.1 Å². The molecule has 0 radical (unpaired) electrons. The SMILES string of the molecule is Nc1ccc(NCCCCC(F)(F)F)c(C(F)(F)F)c1. The molecule has 3 N–H and O–H groups in total. The number of halogens is 6. The largest absolute Gasteiger partial charge is 0.418 e. The number of nitrogens with two attached hydrogens (primary N) is 1. The molecular formula is C12H14F6N2. The first-order chi connectivity index (χ1) is 9.09. The zero-order valence-corrected chi connectivity index (χ0v) is 10.4. The van der Waals surface area contributed by atoms with Crippen LogP contribution in [0.15, 0.2) is 18.2 Å². The van der Waals surface area contributed by atoms with E-state index in [-0.39, 0.29) is 30.8 Å². The number of nitrogen functional groups attached to an aromatic ring is 1. The lowest BCUT2D eigenvalue weighted by molar-refractivity contribution is -0.137. The minimum absolute atomic E-state index is 0.0278. The molecule has 0 saturated heterocycles. The molecule has 0 aliphatic heterocycles. The van der Waals surface area contributed by atoms with Gasteiger partial charge in [0.15, 0.2) is 0 Å². The predicted octanol–water partition coefficient (Wildman–Crippen LogP) is 4.43. The Morgan fingerprint density at radius 2 is 1.65 bits per heavy atom. The lowest BCUT2D eigenvalue weighted by Gasteiger charge is -2.15.